The molecule has 2 unspecified atom stereocenters. The first-order valence-electron chi connectivity index (χ1n) is 5.31. The lowest BCUT2D eigenvalue weighted by Crippen LogP contribution is -2.46. The van der Waals surface area contributed by atoms with Gasteiger partial charge in [0.25, 0.3) is 0 Å². The molecule has 1 saturated heterocycles. The maximum absolute atomic E-state index is 10.3. The third-order valence-electron chi connectivity index (χ3n) is 3.18. The molecule has 0 aliphatic carbocycles. The van der Waals surface area contributed by atoms with Gasteiger partial charge in [-0.25, -0.2) is 0 Å². The van der Waals surface area contributed by atoms with Gasteiger partial charge in [0.15, 0.2) is 0 Å². The zero-order valence-electron chi connectivity index (χ0n) is 8.90. The molecule has 1 fully saturated rings. The molecule has 3 N–H and O–H groups in total. The first-order valence-corrected chi connectivity index (χ1v) is 5.31. The zero-order chi connectivity index (χ0) is 10.9. The third kappa shape index (κ3) is 2.13. The van der Waals surface area contributed by atoms with Gasteiger partial charge in [-0.2, -0.15) is 0 Å². The van der Waals surface area contributed by atoms with Gasteiger partial charge in [0.2, 0.25) is 0 Å². The van der Waals surface area contributed by atoms with Gasteiger partial charge in [0, 0.05) is 12.5 Å². The molecular formula is C12H17NO2. The number of phenolic OH excluding ortho intramolecular Hbond substituents is 1. The number of hydrogen-bond donors (Lipinski definition) is 3. The van der Waals surface area contributed by atoms with Crippen LogP contribution < -0.4 is 5.32 Å². The zero-order valence-corrected chi connectivity index (χ0v) is 8.90. The molecule has 0 spiro atoms. The number of phenols is 1. The van der Waals surface area contributed by atoms with Crippen molar-refractivity contribution in [3.63, 3.8) is 0 Å². The lowest BCUT2D eigenvalue weighted by atomic mass is 9.79. The smallest absolute Gasteiger partial charge is 0.115 e. The molecule has 1 aliphatic heterocycles. The van der Waals surface area contributed by atoms with Gasteiger partial charge in [-0.15, -0.1) is 0 Å². The second kappa shape index (κ2) is 3.83. The second-order valence-electron chi connectivity index (χ2n) is 4.46. The number of benzene rings is 1. The molecule has 1 aromatic carbocycles. The van der Waals surface area contributed by atoms with Gasteiger partial charge in [0.1, 0.15) is 5.75 Å². The van der Waals surface area contributed by atoms with E-state index in [0.717, 1.165) is 25.1 Å². The minimum absolute atomic E-state index is 0.0540. The number of aromatic hydroxyl groups is 1. The van der Waals surface area contributed by atoms with Crippen LogP contribution in [-0.2, 0) is 0 Å². The Morgan fingerprint density at radius 2 is 2.27 bits per heavy atom. The Bertz CT molecular complexity index is 349. The number of rotatable bonds is 1. The summed E-state index contributed by atoms with van der Waals surface area (Å²) < 4.78 is 0. The molecule has 3 heteroatoms. The highest BCUT2D eigenvalue weighted by Crippen LogP contribution is 2.33. The van der Waals surface area contributed by atoms with E-state index in [0.29, 0.717) is 0 Å². The summed E-state index contributed by atoms with van der Waals surface area (Å²) in [7, 11) is 0. The molecule has 0 amide bonds. The first-order chi connectivity index (χ1) is 7.09. The highest BCUT2D eigenvalue weighted by atomic mass is 16.3. The van der Waals surface area contributed by atoms with E-state index in [4.69, 9.17) is 0 Å². The highest BCUT2D eigenvalue weighted by Gasteiger charge is 2.35. The number of hydrogen-bond acceptors (Lipinski definition) is 3. The summed E-state index contributed by atoms with van der Waals surface area (Å²) in [5.41, 5.74) is 0.311. The second-order valence-corrected chi connectivity index (χ2v) is 4.46. The molecule has 15 heavy (non-hydrogen) atoms. The lowest BCUT2D eigenvalue weighted by molar-refractivity contribution is 0.00779. The van der Waals surface area contributed by atoms with Crippen LogP contribution in [0, 0.1) is 0 Å². The summed E-state index contributed by atoms with van der Waals surface area (Å²) in [6, 6.07) is 7.14. The standard InChI is InChI=1S/C12H17NO2/c1-12(15)5-6-13-8-11(12)9-3-2-4-10(14)7-9/h2-4,7,11,13-15H,5-6,8H2,1H3. The van der Waals surface area contributed by atoms with Gasteiger partial charge >= 0.3 is 0 Å². The molecule has 0 radical (unpaired) electrons. The first kappa shape index (κ1) is 10.5. The van der Waals surface area contributed by atoms with Crippen LogP contribution in [0.1, 0.15) is 24.8 Å². The van der Waals surface area contributed by atoms with Crippen molar-refractivity contribution in [2.75, 3.05) is 13.1 Å². The summed E-state index contributed by atoms with van der Waals surface area (Å²) >= 11 is 0. The molecule has 2 atom stereocenters. The van der Waals surface area contributed by atoms with Crippen LogP contribution in [0.5, 0.6) is 5.75 Å². The van der Waals surface area contributed by atoms with Crippen molar-refractivity contribution in [1.82, 2.24) is 5.32 Å². The fraction of sp³-hybridized carbons (Fsp3) is 0.500. The molecule has 1 aliphatic rings. The molecule has 0 bridgehead atoms. The minimum atomic E-state index is -0.682. The van der Waals surface area contributed by atoms with Crippen molar-refractivity contribution in [2.24, 2.45) is 0 Å². The molecule has 0 saturated carbocycles. The van der Waals surface area contributed by atoms with Crippen LogP contribution in [0.2, 0.25) is 0 Å². The number of nitrogens with one attached hydrogen (secondary N) is 1. The Morgan fingerprint density at radius 1 is 1.47 bits per heavy atom. The highest BCUT2D eigenvalue weighted by molar-refractivity contribution is 5.32. The maximum atomic E-state index is 10.3. The van der Waals surface area contributed by atoms with E-state index < -0.39 is 5.60 Å². The molecule has 1 aromatic rings. The van der Waals surface area contributed by atoms with Crippen molar-refractivity contribution in [3.05, 3.63) is 29.8 Å². The molecule has 0 aromatic heterocycles. The predicted octanol–water partition coefficient (Wildman–Crippen LogP) is 1.22. The molecule has 82 valence electrons. The quantitative estimate of drug-likeness (QED) is 0.649. The average molecular weight is 207 g/mol. The van der Waals surface area contributed by atoms with Crippen LogP contribution in [0.3, 0.4) is 0 Å². The summed E-state index contributed by atoms with van der Waals surface area (Å²) in [5.74, 6) is 0.312. The average Bonchev–Trinajstić information content (AvgIpc) is 2.17. The monoisotopic (exact) mass is 207 g/mol. The summed E-state index contributed by atoms with van der Waals surface area (Å²) in [6.45, 7) is 3.47. The van der Waals surface area contributed by atoms with Crippen LogP contribution in [0.25, 0.3) is 0 Å². The van der Waals surface area contributed by atoms with E-state index in [1.807, 2.05) is 19.1 Å². The fourth-order valence-corrected chi connectivity index (χ4v) is 2.20. The lowest BCUT2D eigenvalue weighted by Gasteiger charge is -2.37. The Hall–Kier alpha value is -1.06. The Balaban J connectivity index is 2.29. The van der Waals surface area contributed by atoms with Crippen LogP contribution in [0.4, 0.5) is 0 Å². The van der Waals surface area contributed by atoms with Gasteiger partial charge in [0.05, 0.1) is 5.60 Å². The van der Waals surface area contributed by atoms with E-state index in [1.54, 1.807) is 12.1 Å². The SMILES string of the molecule is CC1(O)CCNCC1c1cccc(O)c1. The van der Waals surface area contributed by atoms with Crippen molar-refractivity contribution in [2.45, 2.75) is 24.9 Å². The Labute approximate surface area is 89.8 Å². The summed E-state index contributed by atoms with van der Waals surface area (Å²) in [6.07, 6.45) is 0.743. The molecule has 1 heterocycles. The van der Waals surface area contributed by atoms with Gasteiger partial charge in [-0.3, -0.25) is 0 Å². The van der Waals surface area contributed by atoms with Crippen molar-refractivity contribution >= 4 is 0 Å². The van der Waals surface area contributed by atoms with Crippen LogP contribution >= 0.6 is 0 Å². The largest absolute Gasteiger partial charge is 0.508 e. The van der Waals surface area contributed by atoms with Crippen molar-refractivity contribution in [1.29, 1.82) is 0 Å². The van der Waals surface area contributed by atoms with Gasteiger partial charge in [-0.1, -0.05) is 12.1 Å². The van der Waals surface area contributed by atoms with E-state index in [2.05, 4.69) is 5.32 Å². The molecule has 2 rings (SSSR count). The van der Waals surface area contributed by atoms with E-state index in [9.17, 15) is 10.2 Å². The minimum Gasteiger partial charge on any atom is -0.508 e. The normalized spacial score (nSPS) is 31.5. The summed E-state index contributed by atoms with van der Waals surface area (Å²) in [5, 5.41) is 22.9. The topological polar surface area (TPSA) is 52.5 Å². The third-order valence-corrected chi connectivity index (χ3v) is 3.18. The number of aliphatic hydroxyl groups is 1. The predicted molar refractivity (Wildman–Crippen MR) is 59.0 cm³/mol. The van der Waals surface area contributed by atoms with Crippen molar-refractivity contribution in [3.8, 4) is 5.75 Å². The van der Waals surface area contributed by atoms with E-state index >= 15 is 0 Å². The van der Waals surface area contributed by atoms with Crippen LogP contribution in [-0.4, -0.2) is 28.9 Å². The van der Waals surface area contributed by atoms with Gasteiger partial charge in [-0.05, 0) is 37.6 Å². The summed E-state index contributed by atoms with van der Waals surface area (Å²) in [4.78, 5) is 0. The Morgan fingerprint density at radius 3 is 2.93 bits per heavy atom. The van der Waals surface area contributed by atoms with Crippen molar-refractivity contribution < 1.29 is 10.2 Å². The van der Waals surface area contributed by atoms with E-state index in [1.165, 1.54) is 0 Å². The maximum Gasteiger partial charge on any atom is 0.115 e. The van der Waals surface area contributed by atoms with E-state index in [-0.39, 0.29) is 11.7 Å². The molecular weight excluding hydrogens is 190 g/mol. The fourth-order valence-electron chi connectivity index (χ4n) is 2.20. The van der Waals surface area contributed by atoms with Crippen LogP contribution in [0.15, 0.2) is 24.3 Å². The molecule has 3 nitrogen and oxygen atoms in total. The Kier molecular flexibility index (Phi) is 2.67. The van der Waals surface area contributed by atoms with Gasteiger partial charge < -0.3 is 15.5 Å². The number of piperidine rings is 1.